The molecule has 0 N–H and O–H groups in total. The summed E-state index contributed by atoms with van der Waals surface area (Å²) in [6, 6.07) is 5.95. The minimum absolute atomic E-state index is 0.0529. The zero-order chi connectivity index (χ0) is 24.9. The molecular formula is C26H37FN4O4. The number of halogens is 1. The highest BCUT2D eigenvalue weighted by Crippen LogP contribution is 2.29. The highest BCUT2D eigenvalue weighted by molar-refractivity contribution is 5.80. The Kier molecular flexibility index (Phi) is 8.26. The van der Waals surface area contributed by atoms with E-state index in [1.165, 1.54) is 12.1 Å². The van der Waals surface area contributed by atoms with Gasteiger partial charge in [0.25, 0.3) is 0 Å². The van der Waals surface area contributed by atoms with E-state index < -0.39 is 0 Å². The van der Waals surface area contributed by atoms with Gasteiger partial charge in [-0.15, -0.1) is 0 Å². The SMILES string of the molecule is CC(=O)N1CCC(C(=O)N2CC[C@H](Oc3ccc(F)cc3)[C@@H](CC(=O)N3CCN(C)CC3)C2)CC1. The molecule has 0 saturated carbocycles. The summed E-state index contributed by atoms with van der Waals surface area (Å²) in [5, 5.41) is 0. The molecule has 3 heterocycles. The summed E-state index contributed by atoms with van der Waals surface area (Å²) in [6.45, 7) is 6.96. The zero-order valence-corrected chi connectivity index (χ0v) is 20.8. The van der Waals surface area contributed by atoms with Gasteiger partial charge in [-0.3, -0.25) is 14.4 Å². The topological polar surface area (TPSA) is 73.4 Å². The monoisotopic (exact) mass is 488 g/mol. The van der Waals surface area contributed by atoms with Crippen LogP contribution in [0.1, 0.15) is 32.6 Å². The van der Waals surface area contributed by atoms with Gasteiger partial charge in [0.2, 0.25) is 17.7 Å². The molecule has 35 heavy (non-hydrogen) atoms. The number of rotatable bonds is 5. The van der Waals surface area contributed by atoms with Gasteiger partial charge in [-0.25, -0.2) is 4.39 Å². The number of carbonyl (C=O) groups is 3. The van der Waals surface area contributed by atoms with Crippen LogP contribution in [0.25, 0.3) is 0 Å². The number of likely N-dealkylation sites (N-methyl/N-ethyl adjacent to an activating group) is 1. The van der Waals surface area contributed by atoms with Crippen LogP contribution in [0.15, 0.2) is 24.3 Å². The van der Waals surface area contributed by atoms with E-state index >= 15 is 0 Å². The van der Waals surface area contributed by atoms with Crippen LogP contribution in [0.2, 0.25) is 0 Å². The number of piperazine rings is 1. The maximum atomic E-state index is 13.4. The summed E-state index contributed by atoms with van der Waals surface area (Å²) < 4.78 is 19.6. The van der Waals surface area contributed by atoms with Crippen molar-refractivity contribution in [3.8, 4) is 5.75 Å². The number of nitrogens with zero attached hydrogens (tertiary/aromatic N) is 4. The van der Waals surface area contributed by atoms with Crippen molar-refractivity contribution in [1.82, 2.24) is 19.6 Å². The predicted molar refractivity (Wildman–Crippen MR) is 129 cm³/mol. The van der Waals surface area contributed by atoms with Crippen LogP contribution < -0.4 is 4.74 Å². The molecule has 9 heteroatoms. The lowest BCUT2D eigenvalue weighted by Crippen LogP contribution is -2.53. The number of amides is 3. The Morgan fingerprint density at radius 3 is 2.14 bits per heavy atom. The van der Waals surface area contributed by atoms with Gasteiger partial charge in [0.1, 0.15) is 17.7 Å². The number of likely N-dealkylation sites (tertiary alicyclic amines) is 2. The second-order valence-electron chi connectivity index (χ2n) is 10.1. The van der Waals surface area contributed by atoms with Crippen molar-refractivity contribution in [2.45, 2.75) is 38.7 Å². The van der Waals surface area contributed by atoms with Gasteiger partial charge < -0.3 is 24.3 Å². The van der Waals surface area contributed by atoms with Crippen molar-refractivity contribution in [2.75, 3.05) is 59.4 Å². The number of carbonyl (C=O) groups excluding carboxylic acids is 3. The van der Waals surface area contributed by atoms with Gasteiger partial charge in [-0.2, -0.15) is 0 Å². The standard InChI is InChI=1S/C26H37FN4O4/c1-19(32)29-10-7-20(8-11-29)26(34)31-12-9-24(35-23-5-3-22(27)4-6-23)21(18-31)17-25(33)30-15-13-28(2)14-16-30/h3-6,20-21,24H,7-18H2,1-2H3/t21-,24-/m0/s1. The van der Waals surface area contributed by atoms with Crippen LogP contribution >= 0.6 is 0 Å². The van der Waals surface area contributed by atoms with Gasteiger partial charge in [0.15, 0.2) is 0 Å². The van der Waals surface area contributed by atoms with E-state index in [0.717, 1.165) is 13.1 Å². The fraction of sp³-hybridized carbons (Fsp3) is 0.654. The molecule has 8 nitrogen and oxygen atoms in total. The molecule has 0 aliphatic carbocycles. The van der Waals surface area contributed by atoms with Gasteiger partial charge in [-0.1, -0.05) is 0 Å². The van der Waals surface area contributed by atoms with Crippen LogP contribution in [0, 0.1) is 17.7 Å². The van der Waals surface area contributed by atoms with E-state index in [1.54, 1.807) is 24.0 Å². The van der Waals surface area contributed by atoms with Crippen LogP contribution in [0.5, 0.6) is 5.75 Å². The molecule has 3 saturated heterocycles. The number of hydrogen-bond acceptors (Lipinski definition) is 5. The first kappa shape index (κ1) is 25.4. The van der Waals surface area contributed by atoms with Gasteiger partial charge in [0.05, 0.1) is 0 Å². The molecule has 192 valence electrons. The number of piperidine rings is 2. The lowest BCUT2D eigenvalue weighted by molar-refractivity contribution is -0.144. The molecule has 0 aromatic heterocycles. The summed E-state index contributed by atoms with van der Waals surface area (Å²) in [5.74, 6) is 0.291. The van der Waals surface area contributed by atoms with Crippen molar-refractivity contribution >= 4 is 17.7 Å². The minimum atomic E-state index is -0.324. The van der Waals surface area contributed by atoms with E-state index in [0.29, 0.717) is 70.7 Å². The molecule has 3 aliphatic rings. The van der Waals surface area contributed by atoms with Gasteiger partial charge in [0, 0.05) is 84.0 Å². The third kappa shape index (κ3) is 6.51. The first-order chi connectivity index (χ1) is 16.8. The summed E-state index contributed by atoms with van der Waals surface area (Å²) in [4.78, 5) is 45.9. The number of benzene rings is 1. The van der Waals surface area contributed by atoms with Crippen LogP contribution in [-0.2, 0) is 14.4 Å². The minimum Gasteiger partial charge on any atom is -0.490 e. The smallest absolute Gasteiger partial charge is 0.225 e. The third-order valence-corrected chi connectivity index (χ3v) is 7.66. The fourth-order valence-electron chi connectivity index (χ4n) is 5.36. The fourth-order valence-corrected chi connectivity index (χ4v) is 5.36. The molecule has 0 bridgehead atoms. The molecule has 1 aromatic rings. The maximum Gasteiger partial charge on any atom is 0.225 e. The van der Waals surface area contributed by atoms with E-state index in [4.69, 9.17) is 4.74 Å². The summed E-state index contributed by atoms with van der Waals surface area (Å²) in [5.41, 5.74) is 0. The molecular weight excluding hydrogens is 451 g/mol. The van der Waals surface area contributed by atoms with Gasteiger partial charge >= 0.3 is 0 Å². The lowest BCUT2D eigenvalue weighted by Gasteiger charge is -2.41. The largest absolute Gasteiger partial charge is 0.490 e. The van der Waals surface area contributed by atoms with E-state index in [1.807, 2.05) is 9.80 Å². The summed E-state index contributed by atoms with van der Waals surface area (Å²) in [6.07, 6.45) is 2.07. The van der Waals surface area contributed by atoms with Crippen LogP contribution in [0.4, 0.5) is 4.39 Å². The first-order valence-corrected chi connectivity index (χ1v) is 12.7. The molecule has 0 radical (unpaired) electrons. The van der Waals surface area contributed by atoms with Crippen molar-refractivity contribution < 1.29 is 23.5 Å². The second-order valence-corrected chi connectivity index (χ2v) is 10.1. The van der Waals surface area contributed by atoms with E-state index in [9.17, 15) is 18.8 Å². The molecule has 3 fully saturated rings. The Morgan fingerprint density at radius 1 is 0.886 bits per heavy atom. The summed E-state index contributed by atoms with van der Waals surface area (Å²) >= 11 is 0. The third-order valence-electron chi connectivity index (χ3n) is 7.66. The Morgan fingerprint density at radius 2 is 1.51 bits per heavy atom. The van der Waals surface area contributed by atoms with E-state index in [-0.39, 0.29) is 41.5 Å². The average Bonchev–Trinajstić information content (AvgIpc) is 2.86. The maximum absolute atomic E-state index is 13.4. The number of ether oxygens (including phenoxy) is 1. The average molecular weight is 489 g/mol. The summed E-state index contributed by atoms with van der Waals surface area (Å²) in [7, 11) is 2.06. The second kappa shape index (κ2) is 11.4. The zero-order valence-electron chi connectivity index (χ0n) is 20.8. The van der Waals surface area contributed by atoms with Gasteiger partial charge in [-0.05, 0) is 44.2 Å². The highest BCUT2D eigenvalue weighted by Gasteiger charge is 2.38. The Labute approximate surface area is 207 Å². The van der Waals surface area contributed by atoms with Crippen LogP contribution in [-0.4, -0.2) is 103 Å². The molecule has 3 amide bonds. The first-order valence-electron chi connectivity index (χ1n) is 12.7. The predicted octanol–water partition coefficient (Wildman–Crippen LogP) is 1.84. The van der Waals surface area contributed by atoms with Crippen molar-refractivity contribution in [1.29, 1.82) is 0 Å². The highest BCUT2D eigenvalue weighted by atomic mass is 19.1. The molecule has 2 atom stereocenters. The lowest BCUT2D eigenvalue weighted by atomic mass is 9.88. The molecule has 0 unspecified atom stereocenters. The van der Waals surface area contributed by atoms with Crippen LogP contribution in [0.3, 0.4) is 0 Å². The molecule has 0 spiro atoms. The Balaban J connectivity index is 1.41. The molecule has 3 aliphatic heterocycles. The van der Waals surface area contributed by atoms with E-state index in [2.05, 4.69) is 11.9 Å². The number of hydrogen-bond donors (Lipinski definition) is 0. The Bertz CT molecular complexity index is 895. The van der Waals surface area contributed by atoms with Crippen molar-refractivity contribution in [3.05, 3.63) is 30.1 Å². The normalized spacial score (nSPS) is 24.4. The Hall–Kier alpha value is -2.68. The quantitative estimate of drug-likeness (QED) is 0.633. The molecule has 4 rings (SSSR count). The van der Waals surface area contributed by atoms with Crippen molar-refractivity contribution in [3.63, 3.8) is 0 Å². The molecule has 1 aromatic carbocycles. The van der Waals surface area contributed by atoms with Crippen molar-refractivity contribution in [2.24, 2.45) is 11.8 Å².